The summed E-state index contributed by atoms with van der Waals surface area (Å²) in [5.41, 5.74) is 7.07. The summed E-state index contributed by atoms with van der Waals surface area (Å²) in [6, 6.07) is 5.28. The minimum Gasteiger partial charge on any atom is -0.490 e. The second-order valence-corrected chi connectivity index (χ2v) is 5.19. The summed E-state index contributed by atoms with van der Waals surface area (Å²) in [4.78, 5) is 13.6. The molecule has 1 amide bonds. The molecule has 110 valence electrons. The van der Waals surface area contributed by atoms with Crippen molar-refractivity contribution in [3.63, 3.8) is 0 Å². The smallest absolute Gasteiger partial charge is 0.221 e. The number of hydrogen-bond donors (Lipinski definition) is 2. The van der Waals surface area contributed by atoms with E-state index >= 15 is 0 Å². The molecular weight excluding hydrogens is 254 g/mol. The van der Waals surface area contributed by atoms with Crippen molar-refractivity contribution in [3.8, 4) is 5.75 Å². The van der Waals surface area contributed by atoms with Gasteiger partial charge in [-0.3, -0.25) is 9.69 Å². The number of likely N-dealkylation sites (tertiary alicyclic amines) is 1. The lowest BCUT2D eigenvalue weighted by Crippen LogP contribution is -2.33. The van der Waals surface area contributed by atoms with Gasteiger partial charge in [0.25, 0.3) is 0 Å². The number of carbonyl (C=O) groups is 1. The fraction of sp³-hybridized carbons (Fsp3) is 0.533. The van der Waals surface area contributed by atoms with Crippen LogP contribution in [-0.4, -0.2) is 37.0 Å². The van der Waals surface area contributed by atoms with Crippen molar-refractivity contribution in [2.75, 3.05) is 37.3 Å². The van der Waals surface area contributed by atoms with Gasteiger partial charge in [0.15, 0.2) is 0 Å². The van der Waals surface area contributed by atoms with Gasteiger partial charge in [-0.25, -0.2) is 0 Å². The third-order valence-corrected chi connectivity index (χ3v) is 3.43. The van der Waals surface area contributed by atoms with Gasteiger partial charge in [-0.2, -0.15) is 0 Å². The second-order valence-electron chi connectivity index (χ2n) is 5.19. The monoisotopic (exact) mass is 277 g/mol. The van der Waals surface area contributed by atoms with Crippen molar-refractivity contribution in [1.82, 2.24) is 4.90 Å². The van der Waals surface area contributed by atoms with Crippen LogP contribution in [-0.2, 0) is 4.79 Å². The van der Waals surface area contributed by atoms with Crippen molar-refractivity contribution in [2.45, 2.75) is 26.2 Å². The number of hydrogen-bond acceptors (Lipinski definition) is 4. The van der Waals surface area contributed by atoms with Gasteiger partial charge in [0.1, 0.15) is 12.4 Å². The van der Waals surface area contributed by atoms with Crippen LogP contribution < -0.4 is 15.8 Å². The Bertz CT molecular complexity index is 456. The Hall–Kier alpha value is -1.75. The zero-order chi connectivity index (χ0) is 14.4. The van der Waals surface area contributed by atoms with E-state index in [1.807, 2.05) is 0 Å². The normalized spacial score (nSPS) is 15.8. The maximum absolute atomic E-state index is 11.2. The molecule has 0 atom stereocenters. The number of amides is 1. The molecule has 0 radical (unpaired) electrons. The molecule has 0 spiro atoms. The minimum atomic E-state index is -0.115. The summed E-state index contributed by atoms with van der Waals surface area (Å²) < 4.78 is 5.79. The quantitative estimate of drug-likeness (QED) is 0.809. The number of piperidine rings is 1. The molecule has 1 fully saturated rings. The Morgan fingerprint density at radius 3 is 2.80 bits per heavy atom. The zero-order valence-electron chi connectivity index (χ0n) is 12.0. The average molecular weight is 277 g/mol. The van der Waals surface area contributed by atoms with Crippen LogP contribution >= 0.6 is 0 Å². The standard InChI is InChI=1S/C15H23N3O2/c1-12(19)17-14-6-5-13(16)11-15(14)20-10-9-18-7-3-2-4-8-18/h5-6,11H,2-4,7-10,16H2,1H3,(H,17,19). The van der Waals surface area contributed by atoms with Crippen molar-refractivity contribution >= 4 is 17.3 Å². The molecular formula is C15H23N3O2. The lowest BCUT2D eigenvalue weighted by atomic mass is 10.1. The molecule has 1 saturated heterocycles. The van der Waals surface area contributed by atoms with Crippen LogP contribution in [0.25, 0.3) is 0 Å². The molecule has 1 aliphatic heterocycles. The van der Waals surface area contributed by atoms with Crippen molar-refractivity contribution in [1.29, 1.82) is 0 Å². The first-order valence-electron chi connectivity index (χ1n) is 7.17. The first-order valence-corrected chi connectivity index (χ1v) is 7.17. The molecule has 0 aromatic heterocycles. The van der Waals surface area contributed by atoms with E-state index in [-0.39, 0.29) is 5.91 Å². The number of nitrogen functional groups attached to an aromatic ring is 1. The van der Waals surface area contributed by atoms with Gasteiger partial charge in [-0.15, -0.1) is 0 Å². The molecule has 0 unspecified atom stereocenters. The molecule has 2 rings (SSSR count). The number of anilines is 2. The topological polar surface area (TPSA) is 67.6 Å². The van der Waals surface area contributed by atoms with E-state index in [1.54, 1.807) is 18.2 Å². The van der Waals surface area contributed by atoms with E-state index in [1.165, 1.54) is 26.2 Å². The third-order valence-electron chi connectivity index (χ3n) is 3.43. The summed E-state index contributed by atoms with van der Waals surface area (Å²) in [5, 5.41) is 2.76. The second kappa shape index (κ2) is 7.14. The molecule has 1 aromatic rings. The number of carbonyl (C=O) groups excluding carboxylic acids is 1. The predicted molar refractivity (Wildman–Crippen MR) is 80.9 cm³/mol. The van der Waals surface area contributed by atoms with Crippen molar-refractivity contribution in [3.05, 3.63) is 18.2 Å². The maximum atomic E-state index is 11.2. The summed E-state index contributed by atoms with van der Waals surface area (Å²) in [7, 11) is 0. The maximum Gasteiger partial charge on any atom is 0.221 e. The summed E-state index contributed by atoms with van der Waals surface area (Å²) in [6.45, 7) is 5.30. The fourth-order valence-corrected chi connectivity index (χ4v) is 2.42. The highest BCUT2D eigenvalue weighted by Gasteiger charge is 2.11. The van der Waals surface area contributed by atoms with Gasteiger partial charge in [-0.1, -0.05) is 6.42 Å². The molecule has 1 heterocycles. The van der Waals surface area contributed by atoms with Crippen LogP contribution in [0.3, 0.4) is 0 Å². The molecule has 0 bridgehead atoms. The Kier molecular flexibility index (Phi) is 5.24. The van der Waals surface area contributed by atoms with Crippen LogP contribution in [0, 0.1) is 0 Å². The SMILES string of the molecule is CC(=O)Nc1ccc(N)cc1OCCN1CCCCC1. The Morgan fingerprint density at radius 1 is 1.35 bits per heavy atom. The number of ether oxygens (including phenoxy) is 1. The molecule has 1 aromatic carbocycles. The highest BCUT2D eigenvalue weighted by molar-refractivity contribution is 5.90. The molecule has 0 aliphatic carbocycles. The van der Waals surface area contributed by atoms with Crippen molar-refractivity contribution < 1.29 is 9.53 Å². The van der Waals surface area contributed by atoms with Gasteiger partial charge in [0.2, 0.25) is 5.91 Å². The van der Waals surface area contributed by atoms with E-state index < -0.39 is 0 Å². The number of nitrogens with two attached hydrogens (primary N) is 1. The van der Waals surface area contributed by atoms with Crippen LogP contribution in [0.5, 0.6) is 5.75 Å². The lowest BCUT2D eigenvalue weighted by molar-refractivity contribution is -0.114. The number of rotatable bonds is 5. The minimum absolute atomic E-state index is 0.115. The first kappa shape index (κ1) is 14.7. The Balaban J connectivity index is 1.90. The number of nitrogens with zero attached hydrogens (tertiary/aromatic N) is 1. The number of nitrogens with one attached hydrogen (secondary N) is 1. The molecule has 1 aliphatic rings. The van der Waals surface area contributed by atoms with E-state index in [0.29, 0.717) is 23.7 Å². The highest BCUT2D eigenvalue weighted by atomic mass is 16.5. The van der Waals surface area contributed by atoms with E-state index in [2.05, 4.69) is 10.2 Å². The lowest BCUT2D eigenvalue weighted by Gasteiger charge is -2.26. The number of benzene rings is 1. The fourth-order valence-electron chi connectivity index (χ4n) is 2.42. The highest BCUT2D eigenvalue weighted by Crippen LogP contribution is 2.27. The van der Waals surface area contributed by atoms with Gasteiger partial charge >= 0.3 is 0 Å². The van der Waals surface area contributed by atoms with Gasteiger partial charge in [0, 0.05) is 25.2 Å². The largest absolute Gasteiger partial charge is 0.490 e. The van der Waals surface area contributed by atoms with E-state index in [4.69, 9.17) is 10.5 Å². The van der Waals surface area contributed by atoms with Crippen LogP contribution in [0.2, 0.25) is 0 Å². The predicted octanol–water partition coefficient (Wildman–Crippen LogP) is 2.09. The van der Waals surface area contributed by atoms with Crippen molar-refractivity contribution in [2.24, 2.45) is 0 Å². The molecule has 5 nitrogen and oxygen atoms in total. The summed E-state index contributed by atoms with van der Waals surface area (Å²) in [5.74, 6) is 0.521. The van der Waals surface area contributed by atoms with Gasteiger partial charge in [-0.05, 0) is 38.1 Å². The molecule has 20 heavy (non-hydrogen) atoms. The van der Waals surface area contributed by atoms with Gasteiger partial charge in [0.05, 0.1) is 5.69 Å². The van der Waals surface area contributed by atoms with Gasteiger partial charge < -0.3 is 15.8 Å². The summed E-state index contributed by atoms with van der Waals surface area (Å²) in [6.07, 6.45) is 3.88. The van der Waals surface area contributed by atoms with E-state index in [0.717, 1.165) is 19.6 Å². The third kappa shape index (κ3) is 4.42. The van der Waals surface area contributed by atoms with Crippen LogP contribution in [0.4, 0.5) is 11.4 Å². The Labute approximate surface area is 120 Å². The van der Waals surface area contributed by atoms with Crippen LogP contribution in [0.1, 0.15) is 26.2 Å². The van der Waals surface area contributed by atoms with E-state index in [9.17, 15) is 4.79 Å². The average Bonchev–Trinajstić information content (AvgIpc) is 2.42. The molecule has 5 heteroatoms. The molecule has 3 N–H and O–H groups in total. The Morgan fingerprint density at radius 2 is 2.10 bits per heavy atom. The first-order chi connectivity index (χ1) is 9.65. The zero-order valence-corrected chi connectivity index (χ0v) is 12.0. The van der Waals surface area contributed by atoms with Crippen LogP contribution in [0.15, 0.2) is 18.2 Å². The molecule has 0 saturated carbocycles. The summed E-state index contributed by atoms with van der Waals surface area (Å²) >= 11 is 0.